The third-order valence-corrected chi connectivity index (χ3v) is 3.72. The maximum Gasteiger partial charge on any atom is 0.196 e. The Balaban J connectivity index is 2.16. The van der Waals surface area contributed by atoms with Crippen molar-refractivity contribution in [2.24, 2.45) is 21.9 Å². The molecule has 6 nitrogen and oxygen atoms in total. The lowest BCUT2D eigenvalue weighted by atomic mass is 9.84. The van der Waals surface area contributed by atoms with Gasteiger partial charge in [0.2, 0.25) is 0 Å². The van der Waals surface area contributed by atoms with Gasteiger partial charge in [0.15, 0.2) is 5.96 Å². The highest BCUT2D eigenvalue weighted by atomic mass is 15.3. The summed E-state index contributed by atoms with van der Waals surface area (Å²) in [6.07, 6.45) is 3.91. The van der Waals surface area contributed by atoms with Gasteiger partial charge in [0, 0.05) is 19.1 Å². The molecule has 0 spiro atoms. The van der Waals surface area contributed by atoms with Gasteiger partial charge in [0.25, 0.3) is 0 Å². The number of hydrogen-bond donors (Lipinski definition) is 4. The quantitative estimate of drug-likeness (QED) is 0.590. The van der Waals surface area contributed by atoms with Gasteiger partial charge < -0.3 is 27.0 Å². The first kappa shape index (κ1) is 15.1. The van der Waals surface area contributed by atoms with E-state index in [0.29, 0.717) is 12.0 Å². The molecule has 0 bridgehead atoms. The molecular weight excluding hydrogens is 252 g/mol. The molecule has 114 valence electrons. The van der Waals surface area contributed by atoms with E-state index in [9.17, 15) is 0 Å². The highest BCUT2D eigenvalue weighted by Gasteiger charge is 2.34. The Kier molecular flexibility index (Phi) is 3.97. The largest absolute Gasteiger partial charge is 0.370 e. The fourth-order valence-electron chi connectivity index (χ4n) is 3.01. The Morgan fingerprint density at radius 2 is 2.25 bits per heavy atom. The highest BCUT2D eigenvalue weighted by Crippen LogP contribution is 2.30. The molecule has 6 N–H and O–H groups in total. The van der Waals surface area contributed by atoms with Crippen molar-refractivity contribution in [2.45, 2.75) is 45.3 Å². The van der Waals surface area contributed by atoms with Gasteiger partial charge >= 0.3 is 0 Å². The number of rotatable bonds is 3. The number of nitrogens with zero attached hydrogens (tertiary/aromatic N) is 2. The van der Waals surface area contributed by atoms with Crippen molar-refractivity contribution in [3.05, 3.63) is 11.9 Å². The van der Waals surface area contributed by atoms with Gasteiger partial charge in [-0.3, -0.25) is 0 Å². The van der Waals surface area contributed by atoms with E-state index in [4.69, 9.17) is 11.5 Å². The van der Waals surface area contributed by atoms with Crippen LogP contribution >= 0.6 is 0 Å². The summed E-state index contributed by atoms with van der Waals surface area (Å²) < 4.78 is 0. The topological polar surface area (TPSA) is 91.7 Å². The minimum absolute atomic E-state index is 0.0933. The second kappa shape index (κ2) is 5.26. The van der Waals surface area contributed by atoms with Crippen molar-refractivity contribution in [1.29, 1.82) is 0 Å². The molecule has 20 heavy (non-hydrogen) atoms. The van der Waals surface area contributed by atoms with E-state index in [0.717, 1.165) is 31.8 Å². The predicted octanol–water partition coefficient (Wildman–Crippen LogP) is 0.131. The fourth-order valence-corrected chi connectivity index (χ4v) is 3.01. The van der Waals surface area contributed by atoms with Gasteiger partial charge in [-0.15, -0.1) is 0 Å². The molecule has 0 saturated carbocycles. The van der Waals surface area contributed by atoms with Crippen LogP contribution in [0.25, 0.3) is 0 Å². The molecule has 6 heteroatoms. The Bertz CT molecular complexity index is 422. The molecule has 0 aromatic heterocycles. The molecule has 2 aliphatic rings. The van der Waals surface area contributed by atoms with Crippen LogP contribution in [0.3, 0.4) is 0 Å². The monoisotopic (exact) mass is 280 g/mol. The summed E-state index contributed by atoms with van der Waals surface area (Å²) in [5.41, 5.74) is 11.7. The summed E-state index contributed by atoms with van der Waals surface area (Å²) in [5.74, 6) is 1.39. The van der Waals surface area contributed by atoms with E-state index in [-0.39, 0.29) is 5.41 Å². The molecule has 0 amide bonds. The summed E-state index contributed by atoms with van der Waals surface area (Å²) >= 11 is 0. The van der Waals surface area contributed by atoms with Gasteiger partial charge in [-0.05, 0) is 31.4 Å². The van der Waals surface area contributed by atoms with E-state index in [1.807, 2.05) is 13.1 Å². The maximum atomic E-state index is 6.43. The van der Waals surface area contributed by atoms with Crippen LogP contribution in [0, 0.1) is 5.41 Å². The predicted molar refractivity (Wildman–Crippen MR) is 82.9 cm³/mol. The van der Waals surface area contributed by atoms with E-state index in [1.165, 1.54) is 0 Å². The molecular formula is C14H28N6. The first-order valence-electron chi connectivity index (χ1n) is 7.27. The number of likely N-dealkylation sites (N-methyl/N-ethyl adjacent to an activating group) is 1. The Labute approximate surface area is 121 Å². The zero-order valence-electron chi connectivity index (χ0n) is 13.0. The Hall–Kier alpha value is -1.27. The number of hydrogen-bond acceptors (Lipinski definition) is 6. The number of nitrogens with two attached hydrogens (primary N) is 2. The SMILES string of the molecule is CN[C@@H]1CCN(C2=CC(N)(CC(C)(C)C)N=C(N)N2)C1. The molecule has 0 aromatic carbocycles. The van der Waals surface area contributed by atoms with Crippen molar-refractivity contribution >= 4 is 5.96 Å². The lowest BCUT2D eigenvalue weighted by Crippen LogP contribution is -2.51. The highest BCUT2D eigenvalue weighted by molar-refractivity contribution is 5.81. The van der Waals surface area contributed by atoms with Crippen LogP contribution in [0.2, 0.25) is 0 Å². The minimum Gasteiger partial charge on any atom is -0.370 e. The van der Waals surface area contributed by atoms with Crippen LogP contribution < -0.4 is 22.1 Å². The molecule has 1 saturated heterocycles. The van der Waals surface area contributed by atoms with Crippen molar-refractivity contribution in [2.75, 3.05) is 20.1 Å². The van der Waals surface area contributed by atoms with Crippen molar-refractivity contribution in [3.8, 4) is 0 Å². The molecule has 2 atom stereocenters. The Morgan fingerprint density at radius 1 is 1.55 bits per heavy atom. The zero-order valence-corrected chi connectivity index (χ0v) is 13.0. The zero-order chi connectivity index (χ0) is 15.0. The maximum absolute atomic E-state index is 6.43. The van der Waals surface area contributed by atoms with Gasteiger partial charge in [-0.25, -0.2) is 4.99 Å². The van der Waals surface area contributed by atoms with Crippen molar-refractivity contribution in [3.63, 3.8) is 0 Å². The summed E-state index contributed by atoms with van der Waals surface area (Å²) in [6, 6.07) is 0.521. The van der Waals surface area contributed by atoms with E-state index in [1.54, 1.807) is 0 Å². The van der Waals surface area contributed by atoms with Gasteiger partial charge in [-0.2, -0.15) is 0 Å². The van der Waals surface area contributed by atoms with Crippen molar-refractivity contribution < 1.29 is 0 Å². The molecule has 0 aromatic rings. The molecule has 2 aliphatic heterocycles. The fraction of sp³-hybridized carbons (Fsp3) is 0.786. The van der Waals surface area contributed by atoms with Crippen LogP contribution in [-0.4, -0.2) is 42.7 Å². The minimum atomic E-state index is -0.722. The molecule has 2 rings (SSSR count). The number of guanidine groups is 1. The average molecular weight is 280 g/mol. The van der Waals surface area contributed by atoms with E-state index < -0.39 is 5.66 Å². The summed E-state index contributed by atoms with van der Waals surface area (Å²) in [5, 5.41) is 6.46. The van der Waals surface area contributed by atoms with Gasteiger partial charge in [0.1, 0.15) is 11.5 Å². The van der Waals surface area contributed by atoms with Crippen LogP contribution in [-0.2, 0) is 0 Å². The standard InChI is InChI=1S/C14H28N6/c1-13(2,3)9-14(16)7-11(18-12(15)19-14)20-6-5-10(8-20)17-4/h7,10,17H,5-6,8-9,16H2,1-4H3,(H3,15,18,19)/t10-,14?/m1/s1. The van der Waals surface area contributed by atoms with E-state index >= 15 is 0 Å². The summed E-state index contributed by atoms with van der Waals surface area (Å²) in [6.45, 7) is 8.46. The molecule has 1 unspecified atom stereocenters. The number of aliphatic imine (C=N–C) groups is 1. The number of likely N-dealkylation sites (tertiary alicyclic amines) is 1. The average Bonchev–Trinajstić information content (AvgIpc) is 2.72. The first-order valence-corrected chi connectivity index (χ1v) is 7.27. The third kappa shape index (κ3) is 3.64. The molecule has 1 fully saturated rings. The smallest absolute Gasteiger partial charge is 0.196 e. The van der Waals surface area contributed by atoms with Crippen molar-refractivity contribution in [1.82, 2.24) is 15.5 Å². The summed E-state index contributed by atoms with van der Waals surface area (Å²) in [4.78, 5) is 6.69. The Morgan fingerprint density at radius 3 is 2.80 bits per heavy atom. The number of nitrogens with one attached hydrogen (secondary N) is 2. The second-order valence-electron chi connectivity index (χ2n) is 7.10. The van der Waals surface area contributed by atoms with E-state index in [2.05, 4.69) is 41.3 Å². The lowest BCUT2D eigenvalue weighted by molar-refractivity contribution is 0.287. The second-order valence-corrected chi connectivity index (χ2v) is 7.10. The van der Waals surface area contributed by atoms with Crippen LogP contribution in [0.4, 0.5) is 0 Å². The third-order valence-electron chi connectivity index (χ3n) is 3.72. The van der Waals surface area contributed by atoms with Gasteiger partial charge in [-0.1, -0.05) is 20.8 Å². The molecule has 0 radical (unpaired) electrons. The first-order chi connectivity index (χ1) is 9.21. The van der Waals surface area contributed by atoms with Crippen LogP contribution in [0.15, 0.2) is 16.9 Å². The molecule has 0 aliphatic carbocycles. The normalized spacial score (nSPS) is 30.9. The van der Waals surface area contributed by atoms with Crippen LogP contribution in [0.5, 0.6) is 0 Å². The molecule has 2 heterocycles. The lowest BCUT2D eigenvalue weighted by Gasteiger charge is -2.36. The van der Waals surface area contributed by atoms with Gasteiger partial charge in [0.05, 0.1) is 0 Å². The summed E-state index contributed by atoms with van der Waals surface area (Å²) in [7, 11) is 2.00. The van der Waals surface area contributed by atoms with Crippen LogP contribution in [0.1, 0.15) is 33.6 Å².